The largest absolute Gasteiger partial charge is 0.312 e. The van der Waals surface area contributed by atoms with Crippen molar-refractivity contribution in [2.45, 2.75) is 50.3 Å². The molecule has 1 aliphatic rings. The molecule has 0 saturated carbocycles. The van der Waals surface area contributed by atoms with Gasteiger partial charge in [0, 0.05) is 25.2 Å². The highest BCUT2D eigenvalue weighted by Crippen LogP contribution is 2.23. The molecule has 1 amide bonds. The van der Waals surface area contributed by atoms with Crippen molar-refractivity contribution in [3.05, 3.63) is 59.7 Å². The number of rotatable bonds is 8. The van der Waals surface area contributed by atoms with Gasteiger partial charge in [-0.3, -0.25) is 4.79 Å². The van der Waals surface area contributed by atoms with Crippen LogP contribution in [0.4, 0.5) is 5.69 Å². The Morgan fingerprint density at radius 3 is 2.29 bits per heavy atom. The van der Waals surface area contributed by atoms with Gasteiger partial charge in [0.1, 0.15) is 0 Å². The third-order valence-electron chi connectivity index (χ3n) is 5.11. The Kier molecular flexibility index (Phi) is 6.52. The fourth-order valence-electron chi connectivity index (χ4n) is 3.38. The molecule has 0 atom stereocenters. The minimum absolute atomic E-state index is 0.0927. The van der Waals surface area contributed by atoms with Crippen LogP contribution in [-0.2, 0) is 21.2 Å². The molecular formula is C22H28N2O3S. The summed E-state index contributed by atoms with van der Waals surface area (Å²) in [7, 11) is -3.54. The third-order valence-corrected chi connectivity index (χ3v) is 6.59. The van der Waals surface area contributed by atoms with Gasteiger partial charge < -0.3 is 4.90 Å². The first-order chi connectivity index (χ1) is 13.4. The van der Waals surface area contributed by atoms with Crippen molar-refractivity contribution in [3.8, 4) is 0 Å². The lowest BCUT2D eigenvalue weighted by molar-refractivity contribution is -0.117. The molecule has 0 unspecified atom stereocenters. The lowest BCUT2D eigenvalue weighted by Gasteiger charge is -2.16. The molecule has 6 heteroatoms. The number of anilines is 1. The molecule has 0 radical (unpaired) electrons. The van der Waals surface area contributed by atoms with Gasteiger partial charge in [0.25, 0.3) is 0 Å². The predicted octanol–water partition coefficient (Wildman–Crippen LogP) is 3.85. The number of hydrogen-bond acceptors (Lipinski definition) is 3. The second-order valence-electron chi connectivity index (χ2n) is 7.54. The van der Waals surface area contributed by atoms with E-state index in [1.807, 2.05) is 0 Å². The zero-order chi connectivity index (χ0) is 20.1. The molecule has 0 spiro atoms. The number of sulfonamides is 1. The maximum Gasteiger partial charge on any atom is 0.240 e. The summed E-state index contributed by atoms with van der Waals surface area (Å²) >= 11 is 0. The van der Waals surface area contributed by atoms with Crippen LogP contribution >= 0.6 is 0 Å². The second kappa shape index (κ2) is 8.88. The first-order valence-electron chi connectivity index (χ1n) is 9.86. The Labute approximate surface area is 167 Å². The van der Waals surface area contributed by atoms with Crippen LogP contribution in [0.15, 0.2) is 53.4 Å². The van der Waals surface area contributed by atoms with Crippen molar-refractivity contribution in [3.63, 3.8) is 0 Å². The van der Waals surface area contributed by atoms with Gasteiger partial charge in [-0.25, -0.2) is 13.1 Å². The Morgan fingerprint density at radius 2 is 1.71 bits per heavy atom. The Bertz CT molecular complexity index is 904. The van der Waals surface area contributed by atoms with Crippen LogP contribution in [0.2, 0.25) is 0 Å². The summed E-state index contributed by atoms with van der Waals surface area (Å²) in [4.78, 5) is 13.7. The molecule has 1 fully saturated rings. The number of aryl methyl sites for hydroxylation is 1. The van der Waals surface area contributed by atoms with Crippen molar-refractivity contribution in [1.29, 1.82) is 0 Å². The molecule has 0 bridgehead atoms. The molecule has 3 rings (SSSR count). The molecule has 2 aromatic rings. The van der Waals surface area contributed by atoms with Crippen molar-refractivity contribution in [2.75, 3.05) is 18.0 Å². The number of benzene rings is 2. The Balaban J connectivity index is 1.51. The minimum atomic E-state index is -3.54. The molecule has 1 saturated heterocycles. The smallest absolute Gasteiger partial charge is 0.240 e. The van der Waals surface area contributed by atoms with E-state index in [2.05, 4.69) is 42.8 Å². The number of hydrogen-bond donors (Lipinski definition) is 1. The summed E-state index contributed by atoms with van der Waals surface area (Å²) in [6.07, 6.45) is 2.97. The quantitative estimate of drug-likeness (QED) is 0.685. The van der Waals surface area contributed by atoms with E-state index in [-0.39, 0.29) is 10.8 Å². The lowest BCUT2D eigenvalue weighted by Crippen LogP contribution is -2.26. The number of carbonyl (C=O) groups is 1. The first-order valence-corrected chi connectivity index (χ1v) is 11.3. The molecule has 1 N–H and O–H groups in total. The fourth-order valence-corrected chi connectivity index (χ4v) is 4.45. The van der Waals surface area contributed by atoms with Gasteiger partial charge in [0.2, 0.25) is 15.9 Å². The van der Waals surface area contributed by atoms with E-state index in [1.54, 1.807) is 29.2 Å². The van der Waals surface area contributed by atoms with Crippen LogP contribution < -0.4 is 9.62 Å². The highest BCUT2D eigenvalue weighted by atomic mass is 32.2. The first kappa shape index (κ1) is 20.6. The van der Waals surface area contributed by atoms with E-state index in [9.17, 15) is 13.2 Å². The molecule has 5 nitrogen and oxygen atoms in total. The van der Waals surface area contributed by atoms with Gasteiger partial charge in [0.15, 0.2) is 0 Å². The maximum atomic E-state index is 12.5. The number of nitrogens with zero attached hydrogens (tertiary/aromatic N) is 1. The monoisotopic (exact) mass is 400 g/mol. The molecule has 1 heterocycles. The van der Waals surface area contributed by atoms with Crippen molar-refractivity contribution in [1.82, 2.24) is 4.72 Å². The third kappa shape index (κ3) is 5.00. The normalized spacial score (nSPS) is 14.8. The SMILES string of the molecule is CC(C)c1ccc(CCCNS(=O)(=O)c2ccc(N3CCCC3=O)cc2)cc1. The molecule has 0 aliphatic carbocycles. The molecule has 2 aromatic carbocycles. The van der Waals surface area contributed by atoms with Crippen molar-refractivity contribution in [2.24, 2.45) is 0 Å². The van der Waals surface area contributed by atoms with E-state index >= 15 is 0 Å². The molecule has 1 aliphatic heterocycles. The second-order valence-corrected chi connectivity index (χ2v) is 9.31. The van der Waals surface area contributed by atoms with Gasteiger partial charge in [-0.1, -0.05) is 38.1 Å². The number of nitrogens with one attached hydrogen (secondary N) is 1. The topological polar surface area (TPSA) is 66.5 Å². The summed E-state index contributed by atoms with van der Waals surface area (Å²) < 4.78 is 27.6. The van der Waals surface area contributed by atoms with Gasteiger partial charge in [-0.05, 0) is 60.6 Å². The van der Waals surface area contributed by atoms with Crippen molar-refractivity contribution >= 4 is 21.6 Å². The van der Waals surface area contributed by atoms with E-state index in [1.165, 1.54) is 11.1 Å². The van der Waals surface area contributed by atoms with Crippen LogP contribution in [0, 0.1) is 0 Å². The summed E-state index contributed by atoms with van der Waals surface area (Å²) in [6, 6.07) is 15.0. The molecule has 0 aromatic heterocycles. The fraction of sp³-hybridized carbons (Fsp3) is 0.409. The summed E-state index contributed by atoms with van der Waals surface area (Å²) in [5.41, 5.74) is 3.28. The molecular weight excluding hydrogens is 372 g/mol. The zero-order valence-corrected chi connectivity index (χ0v) is 17.3. The molecule has 150 valence electrons. The summed E-state index contributed by atoms with van der Waals surface area (Å²) in [5, 5.41) is 0. The number of carbonyl (C=O) groups excluding carboxylic acids is 1. The van der Waals surface area contributed by atoms with E-state index in [4.69, 9.17) is 0 Å². The minimum Gasteiger partial charge on any atom is -0.312 e. The summed E-state index contributed by atoms with van der Waals surface area (Å²) in [6.45, 7) is 5.42. The van der Waals surface area contributed by atoms with Gasteiger partial charge in [-0.15, -0.1) is 0 Å². The van der Waals surface area contributed by atoms with Gasteiger partial charge in [0.05, 0.1) is 4.90 Å². The highest BCUT2D eigenvalue weighted by Gasteiger charge is 2.22. The van der Waals surface area contributed by atoms with Crippen molar-refractivity contribution < 1.29 is 13.2 Å². The van der Waals surface area contributed by atoms with Crippen LogP contribution in [0.3, 0.4) is 0 Å². The predicted molar refractivity (Wildman–Crippen MR) is 112 cm³/mol. The van der Waals surface area contributed by atoms with Gasteiger partial charge in [-0.2, -0.15) is 0 Å². The van der Waals surface area contributed by atoms with Crippen LogP contribution in [0.1, 0.15) is 50.2 Å². The standard InChI is InChI=1S/C22H28N2O3S/c1-17(2)19-9-7-18(8-10-19)5-3-15-23-28(26,27)21-13-11-20(12-14-21)24-16-4-6-22(24)25/h7-14,17,23H,3-6,15-16H2,1-2H3. The Morgan fingerprint density at radius 1 is 1.04 bits per heavy atom. The zero-order valence-electron chi connectivity index (χ0n) is 16.5. The van der Waals surface area contributed by atoms with E-state index in [0.717, 1.165) is 24.9 Å². The maximum absolute atomic E-state index is 12.5. The van der Waals surface area contributed by atoms with E-state index in [0.29, 0.717) is 25.4 Å². The number of amides is 1. The highest BCUT2D eigenvalue weighted by molar-refractivity contribution is 7.89. The van der Waals surface area contributed by atoms with Crippen LogP contribution in [0.25, 0.3) is 0 Å². The average molecular weight is 401 g/mol. The lowest BCUT2D eigenvalue weighted by atomic mass is 10.0. The van der Waals surface area contributed by atoms with Gasteiger partial charge >= 0.3 is 0 Å². The molecule has 28 heavy (non-hydrogen) atoms. The average Bonchev–Trinajstić information content (AvgIpc) is 3.11. The van der Waals surface area contributed by atoms with Crippen LogP contribution in [-0.4, -0.2) is 27.4 Å². The Hall–Kier alpha value is -2.18. The van der Waals surface area contributed by atoms with E-state index < -0.39 is 10.0 Å². The summed E-state index contributed by atoms with van der Waals surface area (Å²) in [5.74, 6) is 0.603. The van der Waals surface area contributed by atoms with Crippen LogP contribution in [0.5, 0.6) is 0 Å².